The molecule has 8 heteroatoms. The Morgan fingerprint density at radius 1 is 1.25 bits per heavy atom. The van der Waals surface area contributed by atoms with Crippen molar-refractivity contribution in [2.24, 2.45) is 11.7 Å². The molecule has 1 heterocycles. The van der Waals surface area contributed by atoms with Gasteiger partial charge in [-0.25, -0.2) is 0 Å². The number of halogens is 2. The minimum absolute atomic E-state index is 0. The number of hydrogen-bond donors (Lipinski definition) is 2. The predicted octanol–water partition coefficient (Wildman–Crippen LogP) is 1.96. The summed E-state index contributed by atoms with van der Waals surface area (Å²) in [4.78, 5) is 37.7. The Bertz CT molecular complexity index is 651. The highest BCUT2D eigenvalue weighted by Gasteiger charge is 2.36. The van der Waals surface area contributed by atoms with Crippen LogP contribution < -0.4 is 11.1 Å². The van der Waals surface area contributed by atoms with Gasteiger partial charge in [-0.3, -0.25) is 19.3 Å². The molecule has 1 unspecified atom stereocenters. The van der Waals surface area contributed by atoms with Gasteiger partial charge in [0.1, 0.15) is 6.54 Å². The summed E-state index contributed by atoms with van der Waals surface area (Å²) in [6, 6.07) is 4.71. The monoisotopic (exact) mass is 417 g/mol. The van der Waals surface area contributed by atoms with E-state index in [1.807, 2.05) is 13.8 Å². The molecule has 3 amide bonds. The Morgan fingerprint density at radius 3 is 2.46 bits per heavy atom. The molecule has 0 radical (unpaired) electrons. The lowest BCUT2D eigenvalue weighted by molar-refractivity contribution is -0.122. The van der Waals surface area contributed by atoms with Crippen molar-refractivity contribution in [3.05, 3.63) is 33.8 Å². The molecule has 132 valence electrons. The molecule has 6 nitrogen and oxygen atoms in total. The fraction of sp³-hybridized carbons (Fsp3) is 0.438. The zero-order chi connectivity index (χ0) is 17.1. The summed E-state index contributed by atoms with van der Waals surface area (Å²) in [5.41, 5.74) is 6.29. The molecule has 0 saturated carbocycles. The summed E-state index contributed by atoms with van der Waals surface area (Å²) in [6.45, 7) is 4.10. The average Bonchev–Trinajstić information content (AvgIpc) is 2.70. The van der Waals surface area contributed by atoms with Crippen LogP contribution in [0.5, 0.6) is 0 Å². The number of amides is 3. The first kappa shape index (κ1) is 20.6. The van der Waals surface area contributed by atoms with E-state index >= 15 is 0 Å². The molecule has 0 bridgehead atoms. The fourth-order valence-electron chi connectivity index (χ4n) is 2.61. The van der Waals surface area contributed by atoms with Crippen LogP contribution >= 0.6 is 28.3 Å². The number of fused-ring (bicyclic) bond motifs is 1. The van der Waals surface area contributed by atoms with Gasteiger partial charge < -0.3 is 11.1 Å². The van der Waals surface area contributed by atoms with Gasteiger partial charge in [0.25, 0.3) is 11.8 Å². The number of carbonyl (C=O) groups excluding carboxylic acids is 3. The third kappa shape index (κ3) is 4.55. The number of imide groups is 1. The van der Waals surface area contributed by atoms with Crippen molar-refractivity contribution in [3.63, 3.8) is 0 Å². The number of benzene rings is 1. The van der Waals surface area contributed by atoms with Gasteiger partial charge in [-0.2, -0.15) is 0 Å². The Hall–Kier alpha value is -1.44. The molecule has 0 fully saturated rings. The quantitative estimate of drug-likeness (QED) is 0.691. The first-order valence-corrected chi connectivity index (χ1v) is 8.28. The number of nitrogens with one attached hydrogen (secondary N) is 1. The first-order chi connectivity index (χ1) is 10.8. The Balaban J connectivity index is 0.00000288. The van der Waals surface area contributed by atoms with Crippen molar-refractivity contribution >= 4 is 46.1 Å². The molecule has 24 heavy (non-hydrogen) atoms. The van der Waals surface area contributed by atoms with Crippen molar-refractivity contribution in [1.29, 1.82) is 0 Å². The number of hydrogen-bond acceptors (Lipinski definition) is 4. The van der Waals surface area contributed by atoms with Crippen LogP contribution in [0.25, 0.3) is 0 Å². The number of carbonyl (C=O) groups is 3. The van der Waals surface area contributed by atoms with E-state index in [0.717, 1.165) is 11.3 Å². The summed E-state index contributed by atoms with van der Waals surface area (Å²) in [7, 11) is 0. The highest BCUT2D eigenvalue weighted by atomic mass is 79.9. The minimum Gasteiger partial charge on any atom is -0.351 e. The molecule has 0 aliphatic carbocycles. The molecule has 1 aromatic carbocycles. The van der Waals surface area contributed by atoms with Crippen molar-refractivity contribution in [2.75, 3.05) is 13.1 Å². The summed E-state index contributed by atoms with van der Waals surface area (Å²) >= 11 is 3.27. The highest BCUT2D eigenvalue weighted by Crippen LogP contribution is 2.25. The van der Waals surface area contributed by atoms with E-state index in [1.165, 1.54) is 0 Å². The van der Waals surface area contributed by atoms with E-state index in [2.05, 4.69) is 21.2 Å². The maximum absolute atomic E-state index is 12.3. The number of nitrogens with zero attached hydrogens (tertiary/aromatic N) is 1. The van der Waals surface area contributed by atoms with Gasteiger partial charge in [0.2, 0.25) is 5.91 Å². The molecule has 2 rings (SSSR count). The second-order valence-corrected chi connectivity index (χ2v) is 6.93. The smallest absolute Gasteiger partial charge is 0.262 e. The molecule has 0 spiro atoms. The van der Waals surface area contributed by atoms with Crippen LogP contribution in [-0.4, -0.2) is 41.8 Å². The topological polar surface area (TPSA) is 92.5 Å². The third-order valence-electron chi connectivity index (χ3n) is 3.64. The van der Waals surface area contributed by atoms with Crippen LogP contribution in [0.15, 0.2) is 22.7 Å². The third-order valence-corrected chi connectivity index (χ3v) is 4.13. The molecule has 1 atom stereocenters. The number of rotatable bonds is 6. The molecular formula is C16H21BrClN3O3. The molecule has 1 aliphatic rings. The Labute approximate surface area is 155 Å². The van der Waals surface area contributed by atoms with E-state index < -0.39 is 11.8 Å². The summed E-state index contributed by atoms with van der Waals surface area (Å²) in [6.07, 6.45) is 0.747. The van der Waals surface area contributed by atoms with Crippen molar-refractivity contribution < 1.29 is 14.4 Å². The van der Waals surface area contributed by atoms with Gasteiger partial charge in [-0.1, -0.05) is 29.8 Å². The van der Waals surface area contributed by atoms with E-state index in [0.29, 0.717) is 28.1 Å². The molecule has 3 N–H and O–H groups in total. The lowest BCUT2D eigenvalue weighted by Gasteiger charge is -2.20. The van der Waals surface area contributed by atoms with Crippen molar-refractivity contribution in [1.82, 2.24) is 10.2 Å². The van der Waals surface area contributed by atoms with Gasteiger partial charge in [-0.15, -0.1) is 12.4 Å². The molecule has 1 aliphatic heterocycles. The SMILES string of the molecule is CC(C)CC(CN)NC(=O)CN1C(=O)c2ccc(Br)cc2C1=O.Cl. The average molecular weight is 419 g/mol. The highest BCUT2D eigenvalue weighted by molar-refractivity contribution is 9.10. The van der Waals surface area contributed by atoms with Crippen LogP contribution in [0.4, 0.5) is 0 Å². The van der Waals surface area contributed by atoms with Crippen molar-refractivity contribution in [3.8, 4) is 0 Å². The van der Waals surface area contributed by atoms with Gasteiger partial charge in [-0.05, 0) is 30.5 Å². The Kier molecular flexibility index (Phi) is 7.38. The normalized spacial score (nSPS) is 14.5. The van der Waals surface area contributed by atoms with Crippen LogP contribution in [0.1, 0.15) is 41.0 Å². The predicted molar refractivity (Wildman–Crippen MR) is 97.2 cm³/mol. The van der Waals surface area contributed by atoms with Gasteiger partial charge >= 0.3 is 0 Å². The van der Waals surface area contributed by atoms with Gasteiger partial charge in [0, 0.05) is 17.1 Å². The fourth-order valence-corrected chi connectivity index (χ4v) is 2.97. The van der Waals surface area contributed by atoms with Gasteiger partial charge in [0.15, 0.2) is 0 Å². The standard InChI is InChI=1S/C16H20BrN3O3.ClH/c1-9(2)5-11(7-18)19-14(21)8-20-15(22)12-4-3-10(17)6-13(12)16(20)23;/h3-4,6,9,11H,5,7-8,18H2,1-2H3,(H,19,21);1H. The Morgan fingerprint density at radius 2 is 1.88 bits per heavy atom. The first-order valence-electron chi connectivity index (χ1n) is 7.48. The lowest BCUT2D eigenvalue weighted by atomic mass is 10.0. The molecule has 0 aromatic heterocycles. The summed E-state index contributed by atoms with van der Waals surface area (Å²) < 4.78 is 0.712. The van der Waals surface area contributed by atoms with E-state index in [4.69, 9.17) is 5.73 Å². The maximum atomic E-state index is 12.3. The van der Waals surface area contributed by atoms with Crippen LogP contribution in [0, 0.1) is 5.92 Å². The number of nitrogens with two attached hydrogens (primary N) is 1. The van der Waals surface area contributed by atoms with Gasteiger partial charge in [0.05, 0.1) is 11.1 Å². The molecule has 1 aromatic rings. The van der Waals surface area contributed by atoms with E-state index in [1.54, 1.807) is 18.2 Å². The van der Waals surface area contributed by atoms with Crippen LogP contribution in [0.2, 0.25) is 0 Å². The minimum atomic E-state index is -0.449. The maximum Gasteiger partial charge on any atom is 0.262 e. The van der Waals surface area contributed by atoms with Crippen LogP contribution in [0.3, 0.4) is 0 Å². The second kappa shape index (κ2) is 8.60. The second-order valence-electron chi connectivity index (χ2n) is 6.02. The summed E-state index contributed by atoms with van der Waals surface area (Å²) in [5.74, 6) is -0.884. The van der Waals surface area contributed by atoms with Crippen LogP contribution in [-0.2, 0) is 4.79 Å². The lowest BCUT2D eigenvalue weighted by Crippen LogP contribution is -2.46. The van der Waals surface area contributed by atoms with Crippen molar-refractivity contribution in [2.45, 2.75) is 26.3 Å². The molecule has 0 saturated heterocycles. The molecular weight excluding hydrogens is 398 g/mol. The zero-order valence-electron chi connectivity index (χ0n) is 13.5. The zero-order valence-corrected chi connectivity index (χ0v) is 15.9. The summed E-state index contributed by atoms with van der Waals surface area (Å²) in [5, 5.41) is 2.78. The largest absolute Gasteiger partial charge is 0.351 e. The van der Waals surface area contributed by atoms with E-state index in [-0.39, 0.29) is 30.9 Å². The van der Waals surface area contributed by atoms with E-state index in [9.17, 15) is 14.4 Å².